The van der Waals surface area contributed by atoms with Gasteiger partial charge in [0.05, 0.1) is 7.11 Å². The van der Waals surface area contributed by atoms with Crippen LogP contribution in [-0.4, -0.2) is 53.5 Å². The van der Waals surface area contributed by atoms with Crippen molar-refractivity contribution in [3.63, 3.8) is 0 Å². The van der Waals surface area contributed by atoms with Crippen molar-refractivity contribution in [2.24, 2.45) is 0 Å². The number of carbonyl (C=O) groups is 1. The first-order chi connectivity index (χ1) is 14.1. The zero-order chi connectivity index (χ0) is 20.2. The molecule has 0 atom stereocenters. The van der Waals surface area contributed by atoms with E-state index < -0.39 is 0 Å². The highest BCUT2D eigenvalue weighted by molar-refractivity contribution is 7.09. The molecule has 0 radical (unpaired) electrons. The molecule has 0 unspecified atom stereocenters. The van der Waals surface area contributed by atoms with Crippen LogP contribution in [0.5, 0.6) is 5.75 Å². The van der Waals surface area contributed by atoms with Gasteiger partial charge in [-0.05, 0) is 42.0 Å². The Hall–Kier alpha value is -3.00. The number of rotatable bonds is 5. The van der Waals surface area contributed by atoms with Crippen molar-refractivity contribution in [2.45, 2.75) is 6.42 Å². The van der Waals surface area contributed by atoms with Gasteiger partial charge in [0.2, 0.25) is 5.13 Å². The van der Waals surface area contributed by atoms with Crippen LogP contribution in [0.2, 0.25) is 0 Å². The van der Waals surface area contributed by atoms with E-state index in [1.165, 1.54) is 23.7 Å². The molecular formula is C21H21FN4O2S. The van der Waals surface area contributed by atoms with Crippen molar-refractivity contribution in [1.82, 2.24) is 14.3 Å². The second-order valence-corrected chi connectivity index (χ2v) is 7.53. The molecule has 4 rings (SSSR count). The number of nitrogens with zero attached hydrogens (tertiary/aromatic N) is 4. The number of benzene rings is 2. The Morgan fingerprint density at radius 2 is 1.76 bits per heavy atom. The molecular weight excluding hydrogens is 391 g/mol. The van der Waals surface area contributed by atoms with E-state index >= 15 is 0 Å². The molecule has 150 valence electrons. The Morgan fingerprint density at radius 1 is 1.07 bits per heavy atom. The number of hydrogen-bond acceptors (Lipinski definition) is 6. The van der Waals surface area contributed by atoms with Crippen molar-refractivity contribution < 1.29 is 13.9 Å². The Bertz CT molecular complexity index is 967. The molecule has 1 aliphatic rings. The Morgan fingerprint density at radius 3 is 2.41 bits per heavy atom. The Kier molecular flexibility index (Phi) is 5.71. The van der Waals surface area contributed by atoms with Crippen LogP contribution >= 0.6 is 11.5 Å². The van der Waals surface area contributed by atoms with E-state index in [0.717, 1.165) is 22.3 Å². The smallest absolute Gasteiger partial charge is 0.253 e. The number of amides is 1. The molecule has 0 saturated carbocycles. The second kappa shape index (κ2) is 8.57. The summed E-state index contributed by atoms with van der Waals surface area (Å²) in [5, 5.41) is 0.860. The topological polar surface area (TPSA) is 58.6 Å². The number of ether oxygens (including phenoxy) is 1. The molecule has 2 heterocycles. The summed E-state index contributed by atoms with van der Waals surface area (Å²) in [4.78, 5) is 21.3. The highest BCUT2D eigenvalue weighted by atomic mass is 32.1. The fraction of sp³-hybridized carbons (Fsp3) is 0.286. The normalized spacial score (nSPS) is 14.1. The maximum atomic E-state index is 13.0. The molecule has 0 spiro atoms. The summed E-state index contributed by atoms with van der Waals surface area (Å²) in [7, 11) is 1.61. The summed E-state index contributed by atoms with van der Waals surface area (Å²) in [5.41, 5.74) is 1.64. The van der Waals surface area contributed by atoms with E-state index in [2.05, 4.69) is 14.3 Å². The maximum Gasteiger partial charge on any atom is 0.253 e. The SMILES string of the molecule is COc1ccc(C(=O)N2CCN(c3nc(Cc4ccc(F)cc4)ns3)CC2)cc1. The van der Waals surface area contributed by atoms with E-state index in [4.69, 9.17) is 4.74 Å². The van der Waals surface area contributed by atoms with E-state index in [1.54, 1.807) is 43.5 Å². The standard InChI is InChI=1S/C21H21FN4O2S/c1-28-18-8-4-16(5-9-18)20(27)25-10-12-26(13-11-25)21-23-19(24-29-21)14-15-2-6-17(22)7-3-15/h2-9H,10-14H2,1H3. The third-order valence-electron chi connectivity index (χ3n) is 4.91. The predicted octanol–water partition coefficient (Wildman–Crippen LogP) is 3.24. The van der Waals surface area contributed by atoms with Gasteiger partial charge in [0.1, 0.15) is 17.4 Å². The molecule has 3 aromatic rings. The first-order valence-corrected chi connectivity index (χ1v) is 10.1. The van der Waals surface area contributed by atoms with Gasteiger partial charge in [0.25, 0.3) is 5.91 Å². The molecule has 29 heavy (non-hydrogen) atoms. The Labute approximate surface area is 172 Å². The average Bonchev–Trinajstić information content (AvgIpc) is 3.23. The molecule has 1 aromatic heterocycles. The summed E-state index contributed by atoms with van der Waals surface area (Å²) >= 11 is 1.36. The zero-order valence-electron chi connectivity index (χ0n) is 16.0. The van der Waals surface area contributed by atoms with Gasteiger partial charge in [-0.25, -0.2) is 9.37 Å². The number of methoxy groups -OCH3 is 1. The van der Waals surface area contributed by atoms with E-state index in [-0.39, 0.29) is 11.7 Å². The molecule has 6 nitrogen and oxygen atoms in total. The monoisotopic (exact) mass is 412 g/mol. The largest absolute Gasteiger partial charge is 0.497 e. The number of anilines is 1. The number of hydrogen-bond donors (Lipinski definition) is 0. The minimum Gasteiger partial charge on any atom is -0.497 e. The number of piperazine rings is 1. The van der Waals surface area contributed by atoms with Crippen LogP contribution in [0.3, 0.4) is 0 Å². The fourth-order valence-corrected chi connectivity index (χ4v) is 3.98. The highest BCUT2D eigenvalue weighted by Gasteiger charge is 2.24. The van der Waals surface area contributed by atoms with E-state index in [1.807, 2.05) is 4.90 Å². The lowest BCUT2D eigenvalue weighted by Crippen LogP contribution is -2.48. The first-order valence-electron chi connectivity index (χ1n) is 9.37. The fourth-order valence-electron chi connectivity index (χ4n) is 3.25. The van der Waals surface area contributed by atoms with E-state index in [0.29, 0.717) is 38.2 Å². The average molecular weight is 412 g/mol. The van der Waals surface area contributed by atoms with Gasteiger partial charge in [-0.1, -0.05) is 12.1 Å². The zero-order valence-corrected chi connectivity index (χ0v) is 16.9. The van der Waals surface area contributed by atoms with Crippen LogP contribution in [0.4, 0.5) is 9.52 Å². The summed E-state index contributed by atoms with van der Waals surface area (Å²) in [6.45, 7) is 2.70. The molecule has 2 aromatic carbocycles. The Balaban J connectivity index is 1.34. The van der Waals surface area contributed by atoms with Crippen molar-refractivity contribution in [3.8, 4) is 5.75 Å². The summed E-state index contributed by atoms with van der Waals surface area (Å²) in [5.74, 6) is 1.25. The maximum absolute atomic E-state index is 13.0. The number of halogens is 1. The molecule has 0 N–H and O–H groups in total. The number of carbonyl (C=O) groups excluding carboxylic acids is 1. The molecule has 1 amide bonds. The van der Waals surface area contributed by atoms with Crippen LogP contribution in [0.1, 0.15) is 21.7 Å². The van der Waals surface area contributed by atoms with Crippen molar-refractivity contribution in [2.75, 3.05) is 38.2 Å². The minimum absolute atomic E-state index is 0.0292. The van der Waals surface area contributed by atoms with Gasteiger partial charge >= 0.3 is 0 Å². The van der Waals surface area contributed by atoms with Gasteiger partial charge in [0, 0.05) is 49.7 Å². The van der Waals surface area contributed by atoms with Crippen molar-refractivity contribution in [1.29, 1.82) is 0 Å². The molecule has 0 aliphatic carbocycles. The third-order valence-corrected chi connectivity index (χ3v) is 5.72. The second-order valence-electron chi connectivity index (χ2n) is 6.80. The lowest BCUT2D eigenvalue weighted by Gasteiger charge is -2.34. The molecule has 1 aliphatic heterocycles. The van der Waals surface area contributed by atoms with Gasteiger partial charge < -0.3 is 14.5 Å². The highest BCUT2D eigenvalue weighted by Crippen LogP contribution is 2.21. The summed E-state index contributed by atoms with van der Waals surface area (Å²) in [6, 6.07) is 13.6. The molecule has 1 fully saturated rings. The quantitative estimate of drug-likeness (QED) is 0.644. The summed E-state index contributed by atoms with van der Waals surface area (Å²) < 4.78 is 22.6. The van der Waals surface area contributed by atoms with Crippen LogP contribution in [0.25, 0.3) is 0 Å². The van der Waals surface area contributed by atoms with Crippen LogP contribution in [0.15, 0.2) is 48.5 Å². The predicted molar refractivity (Wildman–Crippen MR) is 110 cm³/mol. The molecule has 0 bridgehead atoms. The van der Waals surface area contributed by atoms with Gasteiger partial charge in [-0.3, -0.25) is 4.79 Å². The van der Waals surface area contributed by atoms with Crippen molar-refractivity contribution in [3.05, 3.63) is 71.3 Å². The minimum atomic E-state index is -0.247. The lowest BCUT2D eigenvalue weighted by molar-refractivity contribution is 0.0746. The first kappa shape index (κ1) is 19.3. The summed E-state index contributed by atoms with van der Waals surface area (Å²) in [6.07, 6.45) is 0.576. The van der Waals surface area contributed by atoms with Crippen LogP contribution < -0.4 is 9.64 Å². The van der Waals surface area contributed by atoms with Crippen LogP contribution in [0, 0.1) is 5.82 Å². The van der Waals surface area contributed by atoms with E-state index in [9.17, 15) is 9.18 Å². The molecule has 1 saturated heterocycles. The van der Waals surface area contributed by atoms with Gasteiger partial charge in [-0.2, -0.15) is 4.37 Å². The third kappa shape index (κ3) is 4.54. The lowest BCUT2D eigenvalue weighted by atomic mass is 10.1. The number of aromatic nitrogens is 2. The van der Waals surface area contributed by atoms with Gasteiger partial charge in [-0.15, -0.1) is 0 Å². The molecule has 8 heteroatoms. The van der Waals surface area contributed by atoms with Gasteiger partial charge in [0.15, 0.2) is 0 Å². The van der Waals surface area contributed by atoms with Crippen molar-refractivity contribution >= 4 is 22.6 Å². The van der Waals surface area contributed by atoms with Crippen LogP contribution in [-0.2, 0) is 6.42 Å².